The molecule has 0 spiro atoms. The standard InChI is InChI=1S/C18H24N4S2/c1-2-3-4-5-6-7-8-12-9-15(23-11-12)16-17(20)13(19)10-14-18(16)22-24-21-14/h9-11H,2-8,19-20H2,1H3. The summed E-state index contributed by atoms with van der Waals surface area (Å²) in [5.74, 6) is 0. The van der Waals surface area contributed by atoms with E-state index < -0.39 is 0 Å². The number of thiophene rings is 1. The average Bonchev–Trinajstić information content (AvgIpc) is 3.21. The van der Waals surface area contributed by atoms with Crippen LogP contribution in [0.1, 0.15) is 51.0 Å². The van der Waals surface area contributed by atoms with Crippen molar-refractivity contribution in [3.63, 3.8) is 0 Å². The zero-order valence-corrected chi connectivity index (χ0v) is 15.7. The third kappa shape index (κ3) is 3.70. The first-order valence-corrected chi connectivity index (χ1v) is 10.2. The van der Waals surface area contributed by atoms with Gasteiger partial charge >= 0.3 is 0 Å². The number of nitrogens with two attached hydrogens (primary N) is 2. The Balaban J connectivity index is 1.72. The van der Waals surface area contributed by atoms with Gasteiger partial charge in [0.2, 0.25) is 0 Å². The largest absolute Gasteiger partial charge is 0.397 e. The van der Waals surface area contributed by atoms with Crippen molar-refractivity contribution in [1.29, 1.82) is 0 Å². The number of unbranched alkanes of at least 4 members (excludes halogenated alkanes) is 5. The van der Waals surface area contributed by atoms with Gasteiger partial charge in [-0.2, -0.15) is 8.75 Å². The predicted molar refractivity (Wildman–Crippen MR) is 107 cm³/mol. The number of anilines is 2. The molecule has 0 radical (unpaired) electrons. The Kier molecular flexibility index (Phi) is 5.68. The van der Waals surface area contributed by atoms with Gasteiger partial charge in [-0.05, 0) is 35.9 Å². The summed E-state index contributed by atoms with van der Waals surface area (Å²) in [7, 11) is 0. The van der Waals surface area contributed by atoms with Crippen molar-refractivity contribution in [1.82, 2.24) is 8.75 Å². The SMILES string of the molecule is CCCCCCCCc1csc(-c2c(N)c(N)cc3nsnc23)c1. The summed E-state index contributed by atoms with van der Waals surface area (Å²) < 4.78 is 8.71. The molecule has 0 aliphatic carbocycles. The lowest BCUT2D eigenvalue weighted by molar-refractivity contribution is 0.608. The van der Waals surface area contributed by atoms with Crippen LogP contribution in [-0.4, -0.2) is 8.75 Å². The number of fused-ring (bicyclic) bond motifs is 1. The molecular weight excluding hydrogens is 336 g/mol. The molecule has 0 amide bonds. The predicted octanol–water partition coefficient (Wildman–Crippen LogP) is 5.49. The second-order valence-electron chi connectivity index (χ2n) is 6.22. The zero-order chi connectivity index (χ0) is 16.9. The highest BCUT2D eigenvalue weighted by Crippen LogP contribution is 2.40. The smallest absolute Gasteiger partial charge is 0.115 e. The Morgan fingerprint density at radius 3 is 2.62 bits per heavy atom. The lowest BCUT2D eigenvalue weighted by Crippen LogP contribution is -1.97. The highest BCUT2D eigenvalue weighted by atomic mass is 32.1. The Bertz CT molecular complexity index is 807. The van der Waals surface area contributed by atoms with Crippen molar-refractivity contribution >= 4 is 45.5 Å². The number of rotatable bonds is 8. The van der Waals surface area contributed by atoms with E-state index in [1.807, 2.05) is 6.07 Å². The van der Waals surface area contributed by atoms with Crippen molar-refractivity contribution in [2.75, 3.05) is 11.5 Å². The molecular formula is C18H24N4S2. The molecule has 0 aliphatic rings. The Morgan fingerprint density at radius 2 is 1.79 bits per heavy atom. The first-order chi connectivity index (χ1) is 11.7. The van der Waals surface area contributed by atoms with Crippen LogP contribution in [0.25, 0.3) is 21.5 Å². The highest BCUT2D eigenvalue weighted by molar-refractivity contribution is 7.14. The van der Waals surface area contributed by atoms with Gasteiger partial charge in [-0.1, -0.05) is 39.0 Å². The van der Waals surface area contributed by atoms with E-state index in [-0.39, 0.29) is 0 Å². The molecule has 3 rings (SSSR count). The van der Waals surface area contributed by atoms with Crippen LogP contribution < -0.4 is 11.5 Å². The molecule has 3 aromatic rings. The first-order valence-electron chi connectivity index (χ1n) is 8.58. The van der Waals surface area contributed by atoms with E-state index in [1.54, 1.807) is 11.3 Å². The fourth-order valence-corrected chi connectivity index (χ4v) is 4.50. The number of aryl methyl sites for hydroxylation is 1. The van der Waals surface area contributed by atoms with Gasteiger partial charge in [0.05, 0.1) is 23.1 Å². The van der Waals surface area contributed by atoms with Crippen LogP contribution in [0.15, 0.2) is 17.5 Å². The van der Waals surface area contributed by atoms with E-state index in [9.17, 15) is 0 Å². The molecule has 4 N–H and O–H groups in total. The van der Waals surface area contributed by atoms with Crippen molar-refractivity contribution in [2.45, 2.75) is 51.9 Å². The van der Waals surface area contributed by atoms with E-state index in [0.29, 0.717) is 11.4 Å². The number of nitrogens with zero attached hydrogens (tertiary/aromatic N) is 2. The van der Waals surface area contributed by atoms with E-state index in [1.165, 1.54) is 55.8 Å². The minimum Gasteiger partial charge on any atom is -0.397 e. The molecule has 0 fully saturated rings. The molecule has 0 aliphatic heterocycles. The molecule has 2 aromatic heterocycles. The summed E-state index contributed by atoms with van der Waals surface area (Å²) in [6, 6.07) is 4.04. The molecule has 0 bridgehead atoms. The van der Waals surface area contributed by atoms with Crippen molar-refractivity contribution < 1.29 is 0 Å². The van der Waals surface area contributed by atoms with Crippen LogP contribution in [0.3, 0.4) is 0 Å². The van der Waals surface area contributed by atoms with Crippen molar-refractivity contribution in [3.8, 4) is 10.4 Å². The van der Waals surface area contributed by atoms with Gasteiger partial charge in [-0.25, -0.2) is 0 Å². The Labute approximate surface area is 151 Å². The van der Waals surface area contributed by atoms with Crippen LogP contribution in [0.5, 0.6) is 0 Å². The number of hydrogen-bond donors (Lipinski definition) is 2. The molecule has 0 atom stereocenters. The number of benzene rings is 1. The van der Waals surface area contributed by atoms with Gasteiger partial charge < -0.3 is 11.5 Å². The van der Waals surface area contributed by atoms with E-state index in [2.05, 4.69) is 27.1 Å². The molecule has 0 unspecified atom stereocenters. The highest BCUT2D eigenvalue weighted by Gasteiger charge is 2.16. The quantitative estimate of drug-likeness (QED) is 0.411. The number of aromatic nitrogens is 2. The monoisotopic (exact) mass is 360 g/mol. The van der Waals surface area contributed by atoms with Crippen LogP contribution in [0, 0.1) is 0 Å². The topological polar surface area (TPSA) is 77.8 Å². The molecule has 0 saturated heterocycles. The van der Waals surface area contributed by atoms with Gasteiger partial charge in [-0.15, -0.1) is 11.3 Å². The van der Waals surface area contributed by atoms with Gasteiger partial charge in [-0.3, -0.25) is 0 Å². The summed E-state index contributed by atoms with van der Waals surface area (Å²) in [6.45, 7) is 2.25. The van der Waals surface area contributed by atoms with Gasteiger partial charge in [0.1, 0.15) is 11.0 Å². The molecule has 4 nitrogen and oxygen atoms in total. The lowest BCUT2D eigenvalue weighted by atomic mass is 10.0. The molecule has 1 aromatic carbocycles. The molecule has 0 saturated carbocycles. The van der Waals surface area contributed by atoms with Crippen LogP contribution >= 0.6 is 23.1 Å². The Morgan fingerprint density at radius 1 is 1.00 bits per heavy atom. The molecule has 128 valence electrons. The minimum absolute atomic E-state index is 0.580. The molecule has 2 heterocycles. The normalized spacial score (nSPS) is 11.4. The third-order valence-corrected chi connectivity index (χ3v) is 5.88. The summed E-state index contributed by atoms with van der Waals surface area (Å²) in [4.78, 5) is 1.14. The van der Waals surface area contributed by atoms with Crippen LogP contribution in [0.2, 0.25) is 0 Å². The first kappa shape index (κ1) is 17.2. The number of hydrogen-bond acceptors (Lipinski definition) is 6. The summed E-state index contributed by atoms with van der Waals surface area (Å²) >= 11 is 2.92. The van der Waals surface area contributed by atoms with E-state index in [0.717, 1.165) is 27.9 Å². The second-order valence-corrected chi connectivity index (χ2v) is 7.66. The summed E-state index contributed by atoms with van der Waals surface area (Å²) in [6.07, 6.45) is 9.05. The van der Waals surface area contributed by atoms with E-state index >= 15 is 0 Å². The van der Waals surface area contributed by atoms with Crippen molar-refractivity contribution in [2.24, 2.45) is 0 Å². The summed E-state index contributed by atoms with van der Waals surface area (Å²) in [5, 5.41) is 2.23. The number of nitrogen functional groups attached to an aromatic ring is 2. The lowest BCUT2D eigenvalue weighted by Gasteiger charge is -2.07. The molecule has 24 heavy (non-hydrogen) atoms. The summed E-state index contributed by atoms with van der Waals surface area (Å²) in [5.41, 5.74) is 17.5. The van der Waals surface area contributed by atoms with Gasteiger partial charge in [0.15, 0.2) is 0 Å². The fraction of sp³-hybridized carbons (Fsp3) is 0.444. The maximum Gasteiger partial charge on any atom is 0.115 e. The second kappa shape index (κ2) is 7.94. The average molecular weight is 361 g/mol. The van der Waals surface area contributed by atoms with E-state index in [4.69, 9.17) is 11.5 Å². The zero-order valence-electron chi connectivity index (χ0n) is 14.0. The van der Waals surface area contributed by atoms with Gasteiger partial charge in [0.25, 0.3) is 0 Å². The maximum atomic E-state index is 6.24. The maximum absolute atomic E-state index is 6.24. The molecule has 6 heteroatoms. The van der Waals surface area contributed by atoms with Crippen LogP contribution in [0.4, 0.5) is 11.4 Å². The van der Waals surface area contributed by atoms with Crippen molar-refractivity contribution in [3.05, 3.63) is 23.1 Å². The van der Waals surface area contributed by atoms with Gasteiger partial charge in [0, 0.05) is 10.4 Å². The minimum atomic E-state index is 0.580. The van der Waals surface area contributed by atoms with Crippen LogP contribution in [-0.2, 0) is 6.42 Å². The fourth-order valence-electron chi connectivity index (χ4n) is 2.96. The Hall–Kier alpha value is -1.66. The third-order valence-electron chi connectivity index (χ3n) is 4.34.